The number of anilines is 1. The standard InChI is InChI=1S/C24H26N4O4S/c1-24(2)11-14-19(15(29)12-24)20(13-9-16(30-3)21(32-5)17(10-13)31-4)28-23(25-14)26-22(27-28)18-7-6-8-33-18/h6-10,20H,11-12H2,1-5H3,(H,25,26,27). The molecule has 0 radical (unpaired) electrons. The highest BCUT2D eigenvalue weighted by Gasteiger charge is 2.42. The summed E-state index contributed by atoms with van der Waals surface area (Å²) in [6.45, 7) is 4.22. The summed E-state index contributed by atoms with van der Waals surface area (Å²) in [6, 6.07) is 7.26. The molecule has 1 aliphatic heterocycles. The summed E-state index contributed by atoms with van der Waals surface area (Å²) in [4.78, 5) is 19.2. The molecule has 172 valence electrons. The van der Waals surface area contributed by atoms with Crippen molar-refractivity contribution in [1.29, 1.82) is 0 Å². The molecule has 33 heavy (non-hydrogen) atoms. The largest absolute Gasteiger partial charge is 0.493 e. The minimum absolute atomic E-state index is 0.103. The number of aromatic nitrogens is 3. The summed E-state index contributed by atoms with van der Waals surface area (Å²) >= 11 is 1.58. The average molecular weight is 467 g/mol. The van der Waals surface area contributed by atoms with Crippen LogP contribution in [0.25, 0.3) is 10.7 Å². The zero-order chi connectivity index (χ0) is 23.3. The second-order valence-corrected chi connectivity index (χ2v) is 9.95. The molecule has 2 aromatic heterocycles. The summed E-state index contributed by atoms with van der Waals surface area (Å²) < 4.78 is 18.5. The van der Waals surface area contributed by atoms with Crippen molar-refractivity contribution in [2.75, 3.05) is 26.6 Å². The number of rotatable bonds is 5. The molecule has 0 saturated heterocycles. The number of ether oxygens (including phenoxy) is 3. The van der Waals surface area contributed by atoms with Gasteiger partial charge < -0.3 is 19.5 Å². The zero-order valence-electron chi connectivity index (χ0n) is 19.3. The van der Waals surface area contributed by atoms with Crippen LogP contribution in [0.5, 0.6) is 17.2 Å². The van der Waals surface area contributed by atoms with Crippen LogP contribution in [0.15, 0.2) is 40.9 Å². The molecule has 1 unspecified atom stereocenters. The van der Waals surface area contributed by atoms with Crippen LogP contribution in [0.3, 0.4) is 0 Å². The van der Waals surface area contributed by atoms with Crippen molar-refractivity contribution in [3.05, 3.63) is 46.5 Å². The number of ketones is 1. The average Bonchev–Trinajstić information content (AvgIpc) is 3.45. The highest BCUT2D eigenvalue weighted by atomic mass is 32.1. The Bertz CT molecular complexity index is 1230. The van der Waals surface area contributed by atoms with Crippen LogP contribution in [0, 0.1) is 5.41 Å². The van der Waals surface area contributed by atoms with Gasteiger partial charge in [-0.1, -0.05) is 19.9 Å². The first-order valence-electron chi connectivity index (χ1n) is 10.7. The van der Waals surface area contributed by atoms with Crippen molar-refractivity contribution in [2.24, 2.45) is 5.41 Å². The van der Waals surface area contributed by atoms with Crippen molar-refractivity contribution in [1.82, 2.24) is 14.8 Å². The lowest BCUT2D eigenvalue weighted by atomic mass is 9.73. The first-order chi connectivity index (χ1) is 15.8. The van der Waals surface area contributed by atoms with Crippen LogP contribution in [-0.2, 0) is 4.79 Å². The summed E-state index contributed by atoms with van der Waals surface area (Å²) in [7, 11) is 4.73. The minimum Gasteiger partial charge on any atom is -0.493 e. The lowest BCUT2D eigenvalue weighted by molar-refractivity contribution is -0.118. The fourth-order valence-corrected chi connectivity index (χ4v) is 5.34. The van der Waals surface area contributed by atoms with E-state index in [0.717, 1.165) is 22.6 Å². The third kappa shape index (κ3) is 3.56. The summed E-state index contributed by atoms with van der Waals surface area (Å²) in [5.74, 6) is 2.89. The van der Waals surface area contributed by atoms with Crippen molar-refractivity contribution in [3.8, 4) is 28.0 Å². The highest BCUT2D eigenvalue weighted by Crippen LogP contribution is 2.48. The topological polar surface area (TPSA) is 87.5 Å². The Labute approximate surface area is 196 Å². The Kier molecular flexibility index (Phi) is 5.16. The van der Waals surface area contributed by atoms with E-state index in [1.54, 1.807) is 37.3 Å². The number of benzene rings is 1. The number of allylic oxidation sites excluding steroid dienone is 2. The van der Waals surface area contributed by atoms with Crippen molar-refractivity contribution in [3.63, 3.8) is 0 Å². The normalized spacial score (nSPS) is 18.9. The van der Waals surface area contributed by atoms with E-state index in [4.69, 9.17) is 24.3 Å². The molecule has 1 aromatic carbocycles. The molecule has 9 heteroatoms. The van der Waals surface area contributed by atoms with Crippen LogP contribution >= 0.6 is 11.3 Å². The van der Waals surface area contributed by atoms with Crippen LogP contribution in [0.4, 0.5) is 5.95 Å². The highest BCUT2D eigenvalue weighted by molar-refractivity contribution is 7.13. The second kappa shape index (κ2) is 7.91. The number of nitrogens with zero attached hydrogens (tertiary/aromatic N) is 3. The van der Waals surface area contributed by atoms with E-state index in [1.807, 2.05) is 29.6 Å². The fourth-order valence-electron chi connectivity index (χ4n) is 4.69. The van der Waals surface area contributed by atoms with E-state index in [2.05, 4.69) is 19.2 Å². The SMILES string of the molecule is COc1cc(C2C3=C(CC(C)(C)CC3=O)Nc3nc(-c4cccs4)nn32)cc(OC)c1OC. The Balaban J connectivity index is 1.73. The van der Waals surface area contributed by atoms with Gasteiger partial charge in [-0.05, 0) is 41.0 Å². The van der Waals surface area contributed by atoms with Gasteiger partial charge in [0, 0.05) is 17.7 Å². The molecule has 1 aliphatic carbocycles. The Morgan fingerprint density at radius 2 is 1.85 bits per heavy atom. The molecule has 5 rings (SSSR count). The molecule has 8 nitrogen and oxygen atoms in total. The van der Waals surface area contributed by atoms with E-state index in [9.17, 15) is 4.79 Å². The fraction of sp³-hybridized carbons (Fsp3) is 0.375. The monoisotopic (exact) mass is 466 g/mol. The Morgan fingerprint density at radius 3 is 2.45 bits per heavy atom. The maximum Gasteiger partial charge on any atom is 0.226 e. The smallest absolute Gasteiger partial charge is 0.226 e. The Hall–Kier alpha value is -3.33. The van der Waals surface area contributed by atoms with Gasteiger partial charge in [-0.15, -0.1) is 16.4 Å². The number of thiophene rings is 1. The predicted molar refractivity (Wildman–Crippen MR) is 126 cm³/mol. The zero-order valence-corrected chi connectivity index (χ0v) is 20.1. The number of carbonyl (C=O) groups excluding carboxylic acids is 1. The van der Waals surface area contributed by atoms with Crippen molar-refractivity contribution >= 4 is 23.1 Å². The van der Waals surface area contributed by atoms with Gasteiger partial charge in [0.05, 0.1) is 26.2 Å². The van der Waals surface area contributed by atoms with Gasteiger partial charge in [0.15, 0.2) is 23.1 Å². The molecule has 0 saturated carbocycles. The molecule has 0 bridgehead atoms. The lowest BCUT2D eigenvalue weighted by Crippen LogP contribution is -2.36. The number of hydrogen-bond donors (Lipinski definition) is 1. The number of Topliss-reactive ketones (excluding diaryl/α,β-unsaturated/α-hetero) is 1. The van der Waals surface area contributed by atoms with Gasteiger partial charge in [0.1, 0.15) is 6.04 Å². The van der Waals surface area contributed by atoms with Gasteiger partial charge in [-0.2, -0.15) is 4.98 Å². The number of nitrogens with one attached hydrogen (secondary N) is 1. The van der Waals surface area contributed by atoms with Crippen molar-refractivity contribution < 1.29 is 19.0 Å². The molecular formula is C24H26N4O4S. The lowest BCUT2D eigenvalue weighted by Gasteiger charge is -2.38. The molecule has 1 N–H and O–H groups in total. The first-order valence-corrected chi connectivity index (χ1v) is 11.6. The van der Waals surface area contributed by atoms with Crippen molar-refractivity contribution in [2.45, 2.75) is 32.7 Å². The van der Waals surface area contributed by atoms with Crippen LogP contribution in [0.1, 0.15) is 38.3 Å². The first kappa shape index (κ1) is 21.5. The van der Waals surface area contributed by atoms with E-state index in [1.165, 1.54) is 0 Å². The maximum absolute atomic E-state index is 13.5. The molecule has 1 atom stereocenters. The van der Waals surface area contributed by atoms with E-state index in [0.29, 0.717) is 41.0 Å². The summed E-state index contributed by atoms with van der Waals surface area (Å²) in [5, 5.41) is 10.2. The molecule has 3 aromatic rings. The van der Waals surface area contributed by atoms with E-state index >= 15 is 0 Å². The quantitative estimate of drug-likeness (QED) is 0.584. The molecule has 3 heterocycles. The predicted octanol–water partition coefficient (Wildman–Crippen LogP) is 4.69. The van der Waals surface area contributed by atoms with Gasteiger partial charge in [0.25, 0.3) is 0 Å². The van der Waals surface area contributed by atoms with Crippen LogP contribution in [0.2, 0.25) is 0 Å². The third-order valence-corrected chi connectivity index (χ3v) is 6.94. The van der Waals surface area contributed by atoms with Crippen LogP contribution < -0.4 is 19.5 Å². The number of fused-ring (bicyclic) bond motifs is 1. The minimum atomic E-state index is -0.463. The molecule has 0 fully saturated rings. The molecule has 2 aliphatic rings. The van der Waals surface area contributed by atoms with Gasteiger partial charge in [-0.3, -0.25) is 4.79 Å². The van der Waals surface area contributed by atoms with Gasteiger partial charge in [0.2, 0.25) is 11.7 Å². The third-order valence-electron chi connectivity index (χ3n) is 6.08. The molecule has 0 spiro atoms. The molecular weight excluding hydrogens is 440 g/mol. The summed E-state index contributed by atoms with van der Waals surface area (Å²) in [6.07, 6.45) is 1.21. The molecule has 0 amide bonds. The van der Waals surface area contributed by atoms with Gasteiger partial charge in [-0.25, -0.2) is 4.68 Å². The van der Waals surface area contributed by atoms with Gasteiger partial charge >= 0.3 is 0 Å². The number of hydrogen-bond acceptors (Lipinski definition) is 8. The van der Waals surface area contributed by atoms with E-state index in [-0.39, 0.29) is 11.2 Å². The number of methoxy groups -OCH3 is 3. The summed E-state index contributed by atoms with van der Waals surface area (Å²) in [5.41, 5.74) is 2.28. The maximum atomic E-state index is 13.5. The van der Waals surface area contributed by atoms with E-state index < -0.39 is 6.04 Å². The second-order valence-electron chi connectivity index (χ2n) is 9.00. The Morgan fingerprint density at radius 1 is 1.12 bits per heavy atom. The van der Waals surface area contributed by atoms with Crippen LogP contribution in [-0.4, -0.2) is 41.9 Å². The number of carbonyl (C=O) groups is 1.